The minimum atomic E-state index is -0.0572. The summed E-state index contributed by atoms with van der Waals surface area (Å²) in [5, 5.41) is 8.68. The molecule has 0 atom stereocenters. The molecule has 0 N–H and O–H groups in total. The number of ether oxygens (including phenoxy) is 1. The lowest BCUT2D eigenvalue weighted by molar-refractivity contribution is 0.0741. The summed E-state index contributed by atoms with van der Waals surface area (Å²) in [6.07, 6.45) is 5.23. The number of pyridine rings is 1. The second-order valence-electron chi connectivity index (χ2n) is 6.66. The van der Waals surface area contributed by atoms with Crippen molar-refractivity contribution in [2.75, 3.05) is 37.7 Å². The summed E-state index contributed by atoms with van der Waals surface area (Å²) < 4.78 is 7.38. The first-order valence-corrected chi connectivity index (χ1v) is 9.63. The average molecular weight is 393 g/mol. The number of amides is 1. The Balaban J connectivity index is 1.41. The second-order valence-corrected chi connectivity index (χ2v) is 6.66. The molecule has 0 radical (unpaired) electrons. The zero-order valence-electron chi connectivity index (χ0n) is 16.5. The van der Waals surface area contributed by atoms with E-state index in [9.17, 15) is 4.79 Å². The summed E-state index contributed by atoms with van der Waals surface area (Å²) in [4.78, 5) is 25.2. The van der Waals surface area contributed by atoms with Gasteiger partial charge < -0.3 is 14.5 Å². The molecule has 29 heavy (non-hydrogen) atoms. The molecule has 0 spiro atoms. The van der Waals surface area contributed by atoms with Crippen LogP contribution in [0.2, 0.25) is 0 Å². The molecule has 0 unspecified atom stereocenters. The van der Waals surface area contributed by atoms with E-state index in [4.69, 9.17) is 4.74 Å². The predicted molar refractivity (Wildman–Crippen MR) is 107 cm³/mol. The molecule has 4 rings (SSSR count). The third-order valence-corrected chi connectivity index (χ3v) is 4.88. The van der Waals surface area contributed by atoms with Gasteiger partial charge in [0.1, 0.15) is 11.4 Å². The van der Waals surface area contributed by atoms with Gasteiger partial charge in [-0.2, -0.15) is 0 Å². The average Bonchev–Trinajstić information content (AvgIpc) is 3.20. The summed E-state index contributed by atoms with van der Waals surface area (Å²) >= 11 is 0. The van der Waals surface area contributed by atoms with Crippen molar-refractivity contribution in [3.63, 3.8) is 0 Å². The number of hydrogen-bond donors (Lipinski definition) is 0. The molecular weight excluding hydrogens is 370 g/mol. The minimum absolute atomic E-state index is 0.0572. The van der Waals surface area contributed by atoms with E-state index < -0.39 is 0 Å². The lowest BCUT2D eigenvalue weighted by Crippen LogP contribution is -2.49. The molecule has 1 aliphatic heterocycles. The van der Waals surface area contributed by atoms with Gasteiger partial charge in [0.25, 0.3) is 5.91 Å². The van der Waals surface area contributed by atoms with Gasteiger partial charge in [0.05, 0.1) is 6.61 Å². The van der Waals surface area contributed by atoms with Crippen molar-refractivity contribution in [1.29, 1.82) is 0 Å². The summed E-state index contributed by atoms with van der Waals surface area (Å²) in [6.45, 7) is 6.85. The summed E-state index contributed by atoms with van der Waals surface area (Å²) in [5.74, 6) is 2.73. The molecule has 0 bridgehead atoms. The van der Waals surface area contributed by atoms with E-state index in [2.05, 4.69) is 25.1 Å². The summed E-state index contributed by atoms with van der Waals surface area (Å²) in [7, 11) is 0. The number of imidazole rings is 1. The Hall–Kier alpha value is -3.49. The molecule has 9 heteroatoms. The number of aryl methyl sites for hydroxylation is 1. The molecule has 1 fully saturated rings. The molecule has 9 nitrogen and oxygen atoms in total. The molecule has 0 saturated carbocycles. The zero-order chi connectivity index (χ0) is 20.2. The highest BCUT2D eigenvalue weighted by Crippen LogP contribution is 2.20. The molecule has 1 saturated heterocycles. The fourth-order valence-electron chi connectivity index (χ4n) is 3.35. The number of carbonyl (C=O) groups excluding carboxylic acids is 1. The first-order valence-electron chi connectivity index (χ1n) is 9.63. The normalized spacial score (nSPS) is 14.1. The largest absolute Gasteiger partial charge is 0.477 e. The highest BCUT2D eigenvalue weighted by molar-refractivity contribution is 5.96. The maximum atomic E-state index is 12.9. The van der Waals surface area contributed by atoms with E-state index in [1.165, 1.54) is 0 Å². The van der Waals surface area contributed by atoms with Crippen LogP contribution in [0, 0.1) is 6.92 Å². The number of piperazine rings is 1. The van der Waals surface area contributed by atoms with Gasteiger partial charge in [-0.3, -0.25) is 9.36 Å². The number of carbonyl (C=O) groups is 1. The Morgan fingerprint density at radius 1 is 1.03 bits per heavy atom. The van der Waals surface area contributed by atoms with E-state index in [1.54, 1.807) is 24.5 Å². The van der Waals surface area contributed by atoms with Gasteiger partial charge in [-0.25, -0.2) is 9.97 Å². The molecule has 1 aliphatic rings. The first kappa shape index (κ1) is 18.9. The number of nitrogens with zero attached hydrogens (tertiary/aromatic N) is 7. The minimum Gasteiger partial charge on any atom is -0.477 e. The van der Waals surface area contributed by atoms with Crippen LogP contribution in [-0.4, -0.2) is 68.3 Å². The lowest BCUT2D eigenvalue weighted by Gasteiger charge is -2.35. The molecule has 4 heterocycles. The maximum absolute atomic E-state index is 12.9. The number of aromatic nitrogens is 5. The van der Waals surface area contributed by atoms with Crippen LogP contribution in [0.15, 0.2) is 42.9 Å². The van der Waals surface area contributed by atoms with Gasteiger partial charge in [-0.1, -0.05) is 0 Å². The van der Waals surface area contributed by atoms with Crippen LogP contribution in [0.3, 0.4) is 0 Å². The van der Waals surface area contributed by atoms with Gasteiger partial charge in [0, 0.05) is 44.8 Å². The van der Waals surface area contributed by atoms with Gasteiger partial charge in [-0.05, 0) is 38.1 Å². The van der Waals surface area contributed by atoms with E-state index >= 15 is 0 Å². The Bertz CT molecular complexity index is 979. The first-order chi connectivity index (χ1) is 14.2. The van der Waals surface area contributed by atoms with Crippen molar-refractivity contribution in [3.05, 3.63) is 54.2 Å². The summed E-state index contributed by atoms with van der Waals surface area (Å²) in [6, 6.07) is 7.40. The van der Waals surface area contributed by atoms with Crippen LogP contribution in [0.4, 0.5) is 5.82 Å². The third-order valence-electron chi connectivity index (χ3n) is 4.88. The highest BCUT2D eigenvalue weighted by Gasteiger charge is 2.25. The smallest absolute Gasteiger partial charge is 0.259 e. The van der Waals surface area contributed by atoms with Crippen molar-refractivity contribution >= 4 is 11.7 Å². The van der Waals surface area contributed by atoms with E-state index in [-0.39, 0.29) is 5.91 Å². The van der Waals surface area contributed by atoms with E-state index in [0.29, 0.717) is 44.2 Å². The van der Waals surface area contributed by atoms with Crippen molar-refractivity contribution in [2.45, 2.75) is 13.8 Å². The molecule has 150 valence electrons. The fraction of sp³-hybridized carbons (Fsp3) is 0.350. The van der Waals surface area contributed by atoms with Crippen LogP contribution in [0.25, 0.3) is 5.82 Å². The molecule has 1 amide bonds. The lowest BCUT2D eigenvalue weighted by atomic mass is 10.2. The number of anilines is 1. The van der Waals surface area contributed by atoms with Gasteiger partial charge >= 0.3 is 0 Å². The standard InChI is InChI=1S/C20H23N7O2/c1-3-29-19-16(5-4-8-22-19)20(28)26-13-11-25(12-14-26)17-6-7-18(24-23-17)27-10-9-21-15(27)2/h4-10H,3,11-14H2,1-2H3. The van der Waals surface area contributed by atoms with Crippen molar-refractivity contribution in [3.8, 4) is 11.7 Å². The van der Waals surface area contributed by atoms with Crippen LogP contribution >= 0.6 is 0 Å². The molecule has 0 aromatic carbocycles. The topological polar surface area (TPSA) is 89.3 Å². The second kappa shape index (κ2) is 8.26. The number of hydrogen-bond acceptors (Lipinski definition) is 7. The van der Waals surface area contributed by atoms with Crippen molar-refractivity contribution in [2.24, 2.45) is 0 Å². The van der Waals surface area contributed by atoms with Crippen molar-refractivity contribution < 1.29 is 9.53 Å². The van der Waals surface area contributed by atoms with Gasteiger partial charge in [-0.15, -0.1) is 10.2 Å². The van der Waals surface area contributed by atoms with Crippen LogP contribution in [0.1, 0.15) is 23.1 Å². The predicted octanol–water partition coefficient (Wildman–Crippen LogP) is 1.73. The highest BCUT2D eigenvalue weighted by atomic mass is 16.5. The van der Waals surface area contributed by atoms with Crippen LogP contribution in [0.5, 0.6) is 5.88 Å². The maximum Gasteiger partial charge on any atom is 0.259 e. The number of rotatable bonds is 5. The van der Waals surface area contributed by atoms with E-state index in [1.807, 2.05) is 41.6 Å². The Labute approximate surface area is 169 Å². The fourth-order valence-corrected chi connectivity index (χ4v) is 3.35. The third kappa shape index (κ3) is 3.89. The monoisotopic (exact) mass is 393 g/mol. The summed E-state index contributed by atoms with van der Waals surface area (Å²) in [5.41, 5.74) is 0.502. The zero-order valence-corrected chi connectivity index (χ0v) is 16.5. The Morgan fingerprint density at radius 2 is 1.79 bits per heavy atom. The van der Waals surface area contributed by atoms with Crippen LogP contribution in [-0.2, 0) is 0 Å². The molecule has 0 aliphatic carbocycles. The Morgan fingerprint density at radius 3 is 2.45 bits per heavy atom. The Kier molecular flexibility index (Phi) is 5.37. The van der Waals surface area contributed by atoms with Crippen molar-refractivity contribution in [1.82, 2.24) is 29.6 Å². The van der Waals surface area contributed by atoms with E-state index in [0.717, 1.165) is 17.5 Å². The van der Waals surface area contributed by atoms with Crippen LogP contribution < -0.4 is 9.64 Å². The quantitative estimate of drug-likeness (QED) is 0.652. The molecule has 3 aromatic rings. The molecule has 3 aromatic heterocycles. The van der Waals surface area contributed by atoms with Gasteiger partial charge in [0.15, 0.2) is 11.6 Å². The SMILES string of the molecule is CCOc1ncccc1C(=O)N1CCN(c2ccc(-n3ccnc3C)nn2)CC1. The van der Waals surface area contributed by atoms with Gasteiger partial charge in [0.2, 0.25) is 5.88 Å². The molecular formula is C20H23N7O2.